The Hall–Kier alpha value is -3.19. The quantitative estimate of drug-likeness (QED) is 0.325. The Bertz CT molecular complexity index is 976. The zero-order valence-electron chi connectivity index (χ0n) is 16.1. The van der Waals surface area contributed by atoms with Crippen LogP contribution < -0.4 is 0 Å². The Morgan fingerprint density at radius 2 is 1.59 bits per heavy atom. The second-order valence-electron chi connectivity index (χ2n) is 6.67. The molecule has 0 bridgehead atoms. The van der Waals surface area contributed by atoms with Crippen LogP contribution >= 0.6 is 11.6 Å². The van der Waals surface area contributed by atoms with Gasteiger partial charge in [0.2, 0.25) is 0 Å². The zero-order chi connectivity index (χ0) is 21.3. The van der Waals surface area contributed by atoms with Crippen LogP contribution in [0.5, 0.6) is 0 Å². The van der Waals surface area contributed by atoms with E-state index < -0.39 is 35.1 Å². The number of hydrogen-bond acceptors (Lipinski definition) is 5. The van der Waals surface area contributed by atoms with E-state index in [1.807, 2.05) is 0 Å². The Balaban J connectivity index is 2.29. The third-order valence-corrected chi connectivity index (χ3v) is 5.45. The van der Waals surface area contributed by atoms with Crippen molar-refractivity contribution in [1.29, 1.82) is 0 Å². The topological polar surface area (TPSA) is 84.0 Å². The van der Waals surface area contributed by atoms with Gasteiger partial charge in [-0.2, -0.15) is 0 Å². The van der Waals surface area contributed by atoms with Gasteiger partial charge in [0, 0.05) is 24.7 Å². The highest BCUT2D eigenvalue weighted by molar-refractivity contribution is 6.30. The maximum Gasteiger partial charge on any atom is 0.327 e. The van der Waals surface area contributed by atoms with Crippen molar-refractivity contribution in [3.63, 3.8) is 0 Å². The predicted octanol–water partition coefficient (Wildman–Crippen LogP) is 2.73. The summed E-state index contributed by atoms with van der Waals surface area (Å²) in [4.78, 5) is 54.4. The van der Waals surface area contributed by atoms with Crippen molar-refractivity contribution in [1.82, 2.24) is 9.80 Å². The molecule has 7 nitrogen and oxygen atoms in total. The van der Waals surface area contributed by atoms with Gasteiger partial charge >= 0.3 is 12.0 Å². The highest BCUT2D eigenvalue weighted by atomic mass is 35.5. The standard InChI is InChI=1S/C21H19ClN2O5/c1-23-19(27)21(24(2)20(23)28,14-7-5-4-6-8-14)16(18(26)29-3)17(25)13-9-11-15(22)12-10-13/h4-12,16H,1-3H3/t16-,21-/m1/s1. The molecule has 3 amide bonds. The predicted molar refractivity (Wildman–Crippen MR) is 105 cm³/mol. The summed E-state index contributed by atoms with van der Waals surface area (Å²) in [6.07, 6.45) is 0. The Kier molecular flexibility index (Phi) is 5.44. The van der Waals surface area contributed by atoms with Gasteiger partial charge in [-0.05, 0) is 29.8 Å². The maximum absolute atomic E-state index is 13.5. The molecule has 2 atom stereocenters. The molecule has 1 heterocycles. The SMILES string of the molecule is COC(=O)[C@@H](C(=O)c1ccc(Cl)cc1)[C@]1(c2ccccc2)C(=O)N(C)C(=O)N1C. The normalized spacial score (nSPS) is 20.0. The number of Topliss-reactive ketones (excluding diaryl/α,β-unsaturated/α-hetero) is 1. The number of ketones is 1. The van der Waals surface area contributed by atoms with E-state index >= 15 is 0 Å². The molecule has 0 unspecified atom stereocenters. The number of urea groups is 1. The minimum absolute atomic E-state index is 0.170. The van der Waals surface area contributed by atoms with E-state index in [4.69, 9.17) is 16.3 Å². The van der Waals surface area contributed by atoms with E-state index in [1.54, 1.807) is 30.3 Å². The molecule has 1 aliphatic heterocycles. The van der Waals surface area contributed by atoms with Gasteiger partial charge in [0.15, 0.2) is 17.2 Å². The largest absolute Gasteiger partial charge is 0.468 e. The first kappa shape index (κ1) is 20.5. The first-order chi connectivity index (χ1) is 13.8. The lowest BCUT2D eigenvalue weighted by Crippen LogP contribution is -2.56. The van der Waals surface area contributed by atoms with Gasteiger partial charge in [0.1, 0.15) is 0 Å². The van der Waals surface area contributed by atoms with Gasteiger partial charge in [-0.1, -0.05) is 41.9 Å². The highest BCUT2D eigenvalue weighted by Crippen LogP contribution is 2.44. The molecule has 3 rings (SSSR count). The fourth-order valence-corrected chi connectivity index (χ4v) is 3.85. The number of rotatable bonds is 5. The molecular weight excluding hydrogens is 396 g/mol. The number of halogens is 1. The van der Waals surface area contributed by atoms with Crippen LogP contribution in [0.25, 0.3) is 0 Å². The fourth-order valence-electron chi connectivity index (χ4n) is 3.72. The average Bonchev–Trinajstić information content (AvgIpc) is 2.91. The number of hydrogen-bond donors (Lipinski definition) is 0. The number of methoxy groups -OCH3 is 1. The Labute approximate surface area is 172 Å². The summed E-state index contributed by atoms with van der Waals surface area (Å²) in [6, 6.07) is 13.6. The number of likely N-dealkylation sites (N-methyl/N-ethyl adjacent to an activating group) is 2. The summed E-state index contributed by atoms with van der Waals surface area (Å²) >= 11 is 5.90. The van der Waals surface area contributed by atoms with E-state index in [-0.39, 0.29) is 5.56 Å². The monoisotopic (exact) mass is 414 g/mol. The third-order valence-electron chi connectivity index (χ3n) is 5.19. The van der Waals surface area contributed by atoms with Crippen LogP contribution in [0.3, 0.4) is 0 Å². The lowest BCUT2D eigenvalue weighted by Gasteiger charge is -2.37. The average molecular weight is 415 g/mol. The minimum atomic E-state index is -1.88. The van der Waals surface area contributed by atoms with Crippen molar-refractivity contribution in [2.45, 2.75) is 5.54 Å². The van der Waals surface area contributed by atoms with Crippen molar-refractivity contribution in [3.8, 4) is 0 Å². The molecular formula is C21H19ClN2O5. The number of carbonyl (C=O) groups excluding carboxylic acids is 4. The molecule has 1 fully saturated rings. The Morgan fingerprint density at radius 3 is 2.07 bits per heavy atom. The van der Waals surface area contributed by atoms with Crippen molar-refractivity contribution < 1.29 is 23.9 Å². The van der Waals surface area contributed by atoms with Crippen molar-refractivity contribution >= 4 is 35.3 Å². The first-order valence-corrected chi connectivity index (χ1v) is 9.13. The summed E-state index contributed by atoms with van der Waals surface area (Å²) in [6.45, 7) is 0. The summed E-state index contributed by atoms with van der Waals surface area (Å²) in [5.74, 6) is -3.87. The van der Waals surface area contributed by atoms with Gasteiger partial charge in [-0.3, -0.25) is 19.3 Å². The van der Waals surface area contributed by atoms with Gasteiger partial charge in [-0.15, -0.1) is 0 Å². The summed E-state index contributed by atoms with van der Waals surface area (Å²) in [5, 5.41) is 0.415. The highest BCUT2D eigenvalue weighted by Gasteiger charge is 2.64. The third kappa shape index (κ3) is 3.07. The molecule has 1 saturated heterocycles. The van der Waals surface area contributed by atoms with Crippen LogP contribution in [-0.2, 0) is 19.9 Å². The number of benzene rings is 2. The van der Waals surface area contributed by atoms with Gasteiger partial charge in [0.25, 0.3) is 5.91 Å². The zero-order valence-corrected chi connectivity index (χ0v) is 16.8. The summed E-state index contributed by atoms with van der Waals surface area (Å²) in [7, 11) is 3.84. The molecule has 0 spiro atoms. The molecule has 2 aromatic rings. The summed E-state index contributed by atoms with van der Waals surface area (Å²) < 4.78 is 4.91. The maximum atomic E-state index is 13.5. The smallest absolute Gasteiger partial charge is 0.327 e. The number of imide groups is 1. The van der Waals surface area contributed by atoms with Crippen LogP contribution in [0.4, 0.5) is 4.79 Å². The Morgan fingerprint density at radius 1 is 1.00 bits per heavy atom. The van der Waals surface area contributed by atoms with Crippen molar-refractivity contribution in [2.24, 2.45) is 5.92 Å². The van der Waals surface area contributed by atoms with E-state index in [2.05, 4.69) is 0 Å². The second kappa shape index (κ2) is 7.67. The van der Waals surface area contributed by atoms with E-state index in [0.717, 1.165) is 16.9 Å². The lowest BCUT2D eigenvalue weighted by atomic mass is 9.73. The molecule has 1 aliphatic rings. The van der Waals surface area contributed by atoms with Crippen molar-refractivity contribution in [3.05, 3.63) is 70.7 Å². The van der Waals surface area contributed by atoms with Crippen LogP contribution in [-0.4, -0.2) is 54.7 Å². The lowest BCUT2D eigenvalue weighted by molar-refractivity contribution is -0.152. The minimum Gasteiger partial charge on any atom is -0.468 e. The first-order valence-electron chi connectivity index (χ1n) is 8.75. The molecule has 0 N–H and O–H groups in total. The van der Waals surface area contributed by atoms with Crippen LogP contribution in [0, 0.1) is 5.92 Å². The molecule has 150 valence electrons. The van der Waals surface area contributed by atoms with Crippen LogP contribution in [0.2, 0.25) is 5.02 Å². The number of amides is 3. The van der Waals surface area contributed by atoms with E-state index in [1.165, 1.54) is 38.4 Å². The molecule has 29 heavy (non-hydrogen) atoms. The molecule has 8 heteroatoms. The molecule has 2 aromatic carbocycles. The molecule has 0 aliphatic carbocycles. The number of esters is 1. The molecule has 0 radical (unpaired) electrons. The van der Waals surface area contributed by atoms with Gasteiger partial charge in [0.05, 0.1) is 7.11 Å². The number of ether oxygens (including phenoxy) is 1. The van der Waals surface area contributed by atoms with E-state index in [9.17, 15) is 19.2 Å². The fraction of sp³-hybridized carbons (Fsp3) is 0.238. The van der Waals surface area contributed by atoms with Crippen LogP contribution in [0.1, 0.15) is 15.9 Å². The van der Waals surface area contributed by atoms with E-state index in [0.29, 0.717) is 10.6 Å². The van der Waals surface area contributed by atoms with Gasteiger partial charge in [-0.25, -0.2) is 4.79 Å². The molecule has 0 aromatic heterocycles. The molecule has 0 saturated carbocycles. The van der Waals surface area contributed by atoms with Gasteiger partial charge < -0.3 is 9.64 Å². The van der Waals surface area contributed by atoms with Crippen LogP contribution in [0.15, 0.2) is 54.6 Å². The number of carbonyl (C=O) groups is 4. The summed E-state index contributed by atoms with van der Waals surface area (Å²) in [5.41, 5.74) is -1.37. The van der Waals surface area contributed by atoms with Crippen molar-refractivity contribution in [2.75, 3.05) is 21.2 Å². The second-order valence-corrected chi connectivity index (χ2v) is 7.10. The number of nitrogens with zero attached hydrogens (tertiary/aromatic N) is 2.